The van der Waals surface area contributed by atoms with Crippen molar-refractivity contribution in [1.29, 1.82) is 0 Å². The van der Waals surface area contributed by atoms with Crippen LogP contribution >= 0.6 is 11.6 Å². The lowest BCUT2D eigenvalue weighted by atomic mass is 10.1. The highest BCUT2D eigenvalue weighted by molar-refractivity contribution is 6.30. The van der Waals surface area contributed by atoms with E-state index in [2.05, 4.69) is 22.2 Å². The molecule has 1 unspecified atom stereocenters. The molecule has 0 saturated heterocycles. The zero-order valence-corrected chi connectivity index (χ0v) is 10.8. The van der Waals surface area contributed by atoms with Gasteiger partial charge in [0.05, 0.1) is 11.1 Å². The van der Waals surface area contributed by atoms with Gasteiger partial charge in [0.2, 0.25) is 0 Å². The molecule has 0 aliphatic heterocycles. The maximum atomic E-state index is 13.3. The number of benzene rings is 1. The Hall–Kier alpha value is -1.39. The lowest BCUT2D eigenvalue weighted by molar-refractivity contribution is 0.496. The van der Waals surface area contributed by atoms with E-state index >= 15 is 0 Å². The van der Waals surface area contributed by atoms with Gasteiger partial charge in [-0.15, -0.1) is 0 Å². The molecule has 0 saturated carbocycles. The number of H-pyrrole nitrogens is 1. The number of hydrogen-bond acceptors (Lipinski definition) is 2. The zero-order chi connectivity index (χ0) is 13.0. The summed E-state index contributed by atoms with van der Waals surface area (Å²) in [5.74, 6) is 0.508. The SMILES string of the molecule is CCC(NCc1ccc(Cl)c(F)c1)c1ncc[nH]1. The predicted molar refractivity (Wildman–Crippen MR) is 69.9 cm³/mol. The van der Waals surface area contributed by atoms with Crippen molar-refractivity contribution in [3.63, 3.8) is 0 Å². The van der Waals surface area contributed by atoms with Crippen LogP contribution in [-0.2, 0) is 6.54 Å². The third-order valence-electron chi connectivity index (χ3n) is 2.79. The van der Waals surface area contributed by atoms with E-state index in [1.165, 1.54) is 6.07 Å². The van der Waals surface area contributed by atoms with Crippen LogP contribution in [0.5, 0.6) is 0 Å². The lowest BCUT2D eigenvalue weighted by Crippen LogP contribution is -2.21. The minimum absolute atomic E-state index is 0.138. The van der Waals surface area contributed by atoms with Gasteiger partial charge in [-0.2, -0.15) is 0 Å². The summed E-state index contributed by atoms with van der Waals surface area (Å²) in [6.45, 7) is 2.65. The number of imidazole rings is 1. The van der Waals surface area contributed by atoms with Crippen molar-refractivity contribution in [1.82, 2.24) is 15.3 Å². The van der Waals surface area contributed by atoms with E-state index in [-0.39, 0.29) is 16.9 Å². The smallest absolute Gasteiger partial charge is 0.142 e. The molecule has 1 aromatic carbocycles. The maximum Gasteiger partial charge on any atom is 0.142 e. The molecule has 2 aromatic rings. The molecule has 1 aromatic heterocycles. The fraction of sp³-hybridized carbons (Fsp3) is 0.308. The molecular formula is C13H15ClFN3. The topological polar surface area (TPSA) is 40.7 Å². The Kier molecular flexibility index (Phi) is 4.33. The molecule has 18 heavy (non-hydrogen) atoms. The quantitative estimate of drug-likeness (QED) is 0.871. The molecule has 1 atom stereocenters. The second-order valence-corrected chi connectivity index (χ2v) is 4.47. The minimum atomic E-state index is -0.387. The van der Waals surface area contributed by atoms with Gasteiger partial charge in [0.15, 0.2) is 0 Å². The van der Waals surface area contributed by atoms with Crippen molar-refractivity contribution < 1.29 is 4.39 Å². The van der Waals surface area contributed by atoms with Crippen LogP contribution < -0.4 is 5.32 Å². The molecule has 0 spiro atoms. The van der Waals surface area contributed by atoms with Gasteiger partial charge in [-0.25, -0.2) is 9.37 Å². The molecule has 0 bridgehead atoms. The van der Waals surface area contributed by atoms with Crippen molar-refractivity contribution in [2.45, 2.75) is 25.9 Å². The summed E-state index contributed by atoms with van der Waals surface area (Å²) < 4.78 is 13.3. The van der Waals surface area contributed by atoms with E-state index in [0.29, 0.717) is 6.54 Å². The molecule has 2 rings (SSSR count). The number of nitrogens with one attached hydrogen (secondary N) is 2. The summed E-state index contributed by atoms with van der Waals surface area (Å²) in [7, 11) is 0. The van der Waals surface area contributed by atoms with Gasteiger partial charge in [-0.05, 0) is 24.1 Å². The highest BCUT2D eigenvalue weighted by Crippen LogP contribution is 2.17. The molecule has 0 radical (unpaired) electrons. The summed E-state index contributed by atoms with van der Waals surface area (Å²) in [6.07, 6.45) is 4.42. The summed E-state index contributed by atoms with van der Waals surface area (Å²) >= 11 is 5.64. The third kappa shape index (κ3) is 3.09. The second-order valence-electron chi connectivity index (χ2n) is 4.06. The number of hydrogen-bond donors (Lipinski definition) is 2. The molecule has 0 aliphatic rings. The van der Waals surface area contributed by atoms with Gasteiger partial charge in [-0.1, -0.05) is 24.6 Å². The van der Waals surface area contributed by atoms with Gasteiger partial charge in [0, 0.05) is 18.9 Å². The lowest BCUT2D eigenvalue weighted by Gasteiger charge is -2.14. The molecule has 96 valence electrons. The molecule has 1 heterocycles. The molecule has 0 amide bonds. The minimum Gasteiger partial charge on any atom is -0.347 e. The van der Waals surface area contributed by atoms with E-state index in [9.17, 15) is 4.39 Å². The Bertz CT molecular complexity index is 499. The number of nitrogens with zero attached hydrogens (tertiary/aromatic N) is 1. The fourth-order valence-electron chi connectivity index (χ4n) is 1.79. The molecule has 2 N–H and O–H groups in total. The van der Waals surface area contributed by atoms with Crippen LogP contribution in [0.4, 0.5) is 4.39 Å². The summed E-state index contributed by atoms with van der Waals surface area (Å²) in [6, 6.07) is 4.97. The van der Waals surface area contributed by atoms with Crippen molar-refractivity contribution in [3.05, 3.63) is 52.8 Å². The first-order chi connectivity index (χ1) is 8.70. The van der Waals surface area contributed by atoms with E-state index in [0.717, 1.165) is 17.8 Å². The van der Waals surface area contributed by atoms with E-state index < -0.39 is 0 Å². The average Bonchev–Trinajstić information content (AvgIpc) is 2.88. The van der Waals surface area contributed by atoms with E-state index in [1.807, 2.05) is 6.07 Å². The monoisotopic (exact) mass is 267 g/mol. The number of halogens is 2. The van der Waals surface area contributed by atoms with Crippen LogP contribution in [0.25, 0.3) is 0 Å². The third-order valence-corrected chi connectivity index (χ3v) is 3.10. The molecule has 3 nitrogen and oxygen atoms in total. The fourth-order valence-corrected chi connectivity index (χ4v) is 1.91. The Morgan fingerprint density at radius 3 is 2.94 bits per heavy atom. The molecule has 0 aliphatic carbocycles. The van der Waals surface area contributed by atoms with Crippen LogP contribution in [0.1, 0.15) is 30.8 Å². The van der Waals surface area contributed by atoms with Crippen molar-refractivity contribution >= 4 is 11.6 Å². The van der Waals surface area contributed by atoms with Crippen molar-refractivity contribution in [2.75, 3.05) is 0 Å². The van der Waals surface area contributed by atoms with E-state index in [1.54, 1.807) is 18.5 Å². The van der Waals surface area contributed by atoms with Crippen LogP contribution in [0, 0.1) is 5.82 Å². The van der Waals surface area contributed by atoms with Gasteiger partial charge in [0.25, 0.3) is 0 Å². The number of aromatic amines is 1. The second kappa shape index (κ2) is 5.98. The highest BCUT2D eigenvalue weighted by Gasteiger charge is 2.11. The molecule has 5 heteroatoms. The van der Waals surface area contributed by atoms with Gasteiger partial charge in [-0.3, -0.25) is 0 Å². The number of aromatic nitrogens is 2. The Morgan fingerprint density at radius 2 is 2.33 bits per heavy atom. The summed E-state index contributed by atoms with van der Waals surface area (Å²) in [5, 5.41) is 3.48. The molecular weight excluding hydrogens is 253 g/mol. The van der Waals surface area contributed by atoms with Gasteiger partial charge >= 0.3 is 0 Å². The Labute approximate surface area is 110 Å². The average molecular weight is 268 g/mol. The first-order valence-corrected chi connectivity index (χ1v) is 6.25. The van der Waals surface area contributed by atoms with Crippen LogP contribution in [0.3, 0.4) is 0 Å². The van der Waals surface area contributed by atoms with Crippen LogP contribution in [0.15, 0.2) is 30.6 Å². The van der Waals surface area contributed by atoms with Crippen LogP contribution in [-0.4, -0.2) is 9.97 Å². The first-order valence-electron chi connectivity index (χ1n) is 5.87. The van der Waals surface area contributed by atoms with Gasteiger partial charge < -0.3 is 10.3 Å². The Balaban J connectivity index is 1.99. The van der Waals surface area contributed by atoms with E-state index in [4.69, 9.17) is 11.6 Å². The van der Waals surface area contributed by atoms with Crippen LogP contribution in [0.2, 0.25) is 5.02 Å². The largest absolute Gasteiger partial charge is 0.347 e. The Morgan fingerprint density at radius 1 is 1.50 bits per heavy atom. The predicted octanol–water partition coefficient (Wildman–Crippen LogP) is 3.44. The van der Waals surface area contributed by atoms with Crippen molar-refractivity contribution in [3.8, 4) is 0 Å². The standard InChI is InChI=1S/C13H15ClFN3/c1-2-12(13-16-5-6-17-13)18-8-9-3-4-10(14)11(15)7-9/h3-7,12,18H,2,8H2,1H3,(H,16,17). The maximum absolute atomic E-state index is 13.3. The highest BCUT2D eigenvalue weighted by atomic mass is 35.5. The molecule has 0 fully saturated rings. The van der Waals surface area contributed by atoms with Crippen molar-refractivity contribution in [2.24, 2.45) is 0 Å². The van der Waals surface area contributed by atoms with Gasteiger partial charge in [0.1, 0.15) is 11.6 Å². The first kappa shape index (κ1) is 13.1. The summed E-state index contributed by atoms with van der Waals surface area (Å²) in [4.78, 5) is 7.29. The zero-order valence-electron chi connectivity index (χ0n) is 10.1. The summed E-state index contributed by atoms with van der Waals surface area (Å²) in [5.41, 5.74) is 0.863. The number of rotatable bonds is 5. The normalized spacial score (nSPS) is 12.6.